The SMILES string of the molecule is [Co].[H-].[Li+].[Mn].[Mo].[Ni]. The van der Waals surface area contributed by atoms with Crippen LogP contribution in [0.1, 0.15) is 1.43 Å². The zero-order chi connectivity index (χ0) is 0. The summed E-state index contributed by atoms with van der Waals surface area (Å²) in [6.45, 7) is 0. The Kier molecular flexibility index (Phi) is 268. The van der Waals surface area contributed by atoms with Crippen LogP contribution in [0, 0.1) is 0 Å². The van der Waals surface area contributed by atoms with Gasteiger partial charge < -0.3 is 1.43 Å². The van der Waals surface area contributed by atoms with E-state index in [1.165, 1.54) is 0 Å². The van der Waals surface area contributed by atoms with Crippen LogP contribution >= 0.6 is 0 Å². The molecule has 2 radical (unpaired) electrons. The second kappa shape index (κ2) is 29.1. The Bertz CT molecular complexity index is 15.5. The molecule has 0 spiro atoms. The van der Waals surface area contributed by atoms with Gasteiger partial charge in [-0.2, -0.15) is 0 Å². The summed E-state index contributed by atoms with van der Waals surface area (Å²) in [5.74, 6) is 0. The van der Waals surface area contributed by atoms with Crippen LogP contribution in [-0.2, 0) is 71.4 Å². The van der Waals surface area contributed by atoms with E-state index >= 15 is 0 Å². The van der Waals surface area contributed by atoms with Crippen molar-refractivity contribution in [1.29, 1.82) is 0 Å². The van der Waals surface area contributed by atoms with Gasteiger partial charge in [0.2, 0.25) is 0 Å². The maximum atomic E-state index is 0. The number of hydrogen-bond acceptors (Lipinski definition) is 0. The van der Waals surface area contributed by atoms with Gasteiger partial charge in [-0.15, -0.1) is 0 Å². The third kappa shape index (κ3) is 20.0. The molecule has 0 N–H and O–H groups in total. The molecule has 0 aromatic heterocycles. The molecular formula is HCoLiMnMoNi. The maximum absolute atomic E-state index is 0. The predicted molar refractivity (Wildman–Crippen MR) is 1.11 cm³/mol. The Labute approximate surface area is 90.5 Å². The fourth-order valence-corrected chi connectivity index (χ4v) is 0. The van der Waals surface area contributed by atoms with Gasteiger partial charge in [-0.3, -0.25) is 0 Å². The van der Waals surface area contributed by atoms with Gasteiger partial charge in [0, 0.05) is 71.4 Å². The van der Waals surface area contributed by atoms with E-state index < -0.39 is 0 Å². The van der Waals surface area contributed by atoms with Gasteiger partial charge in [0.05, 0.1) is 0 Å². The molecule has 0 amide bonds. The Balaban J connectivity index is 0. The standard InChI is InChI=1S/Co.Li.Mn.Mo.Ni.H/q;+1;;;;-1. The first-order valence-electron chi connectivity index (χ1n) is 0. The smallest absolute Gasteiger partial charge is 1.00 e. The molecule has 0 saturated heterocycles. The molecule has 0 rings (SSSR count). The molecule has 5 heavy (non-hydrogen) atoms. The molecule has 0 aliphatic carbocycles. The summed E-state index contributed by atoms with van der Waals surface area (Å²) in [7, 11) is 0. The van der Waals surface area contributed by atoms with Crippen LogP contribution in [0.4, 0.5) is 0 Å². The van der Waals surface area contributed by atoms with Crippen molar-refractivity contribution in [3.05, 3.63) is 0 Å². The molecule has 0 atom stereocenters. The third-order valence-electron chi connectivity index (χ3n) is 0. The van der Waals surface area contributed by atoms with E-state index in [-0.39, 0.29) is 91.7 Å². The summed E-state index contributed by atoms with van der Waals surface area (Å²) in [5.41, 5.74) is 0. The molecule has 0 aliphatic rings. The average Bonchev–Trinajstić information content (AvgIpc) is 0. The minimum atomic E-state index is 0. The Morgan fingerprint density at radius 2 is 1.20 bits per heavy atom. The van der Waals surface area contributed by atoms with Crippen LogP contribution < -0.4 is 18.9 Å². The average molecular weight is 276 g/mol. The van der Waals surface area contributed by atoms with Gasteiger partial charge in [0.1, 0.15) is 0 Å². The van der Waals surface area contributed by atoms with Gasteiger partial charge in [0.25, 0.3) is 0 Å². The number of rotatable bonds is 0. The van der Waals surface area contributed by atoms with E-state index in [2.05, 4.69) is 0 Å². The van der Waals surface area contributed by atoms with Crippen LogP contribution in [-0.4, -0.2) is 0 Å². The third-order valence-corrected chi connectivity index (χ3v) is 0. The minimum Gasteiger partial charge on any atom is -1.00 e. The first-order chi connectivity index (χ1) is 0. The van der Waals surface area contributed by atoms with E-state index in [1.807, 2.05) is 0 Å². The molecule has 0 unspecified atom stereocenters. The van der Waals surface area contributed by atoms with Gasteiger partial charge in [0.15, 0.2) is 0 Å². The van der Waals surface area contributed by atoms with E-state index in [1.54, 1.807) is 0 Å². The molecule has 0 aliphatic heterocycles. The molecule has 0 fully saturated rings. The van der Waals surface area contributed by atoms with Crippen LogP contribution in [0.15, 0.2) is 0 Å². The molecule has 0 bridgehead atoms. The van der Waals surface area contributed by atoms with E-state index in [4.69, 9.17) is 0 Å². The van der Waals surface area contributed by atoms with Crippen molar-refractivity contribution in [2.24, 2.45) is 0 Å². The molecule has 0 aromatic rings. The second-order valence-electron chi connectivity index (χ2n) is 0. The van der Waals surface area contributed by atoms with Gasteiger partial charge >= 0.3 is 18.9 Å². The van der Waals surface area contributed by atoms with Crippen molar-refractivity contribution < 1.29 is 91.7 Å². The fourth-order valence-electron chi connectivity index (χ4n) is 0. The Morgan fingerprint density at radius 1 is 1.20 bits per heavy atom. The van der Waals surface area contributed by atoms with Crippen LogP contribution in [0.2, 0.25) is 0 Å². The number of hydrogen-bond donors (Lipinski definition) is 0. The minimum absolute atomic E-state index is 0. The molecule has 34 valence electrons. The summed E-state index contributed by atoms with van der Waals surface area (Å²) < 4.78 is 0. The summed E-state index contributed by atoms with van der Waals surface area (Å²) >= 11 is 0. The summed E-state index contributed by atoms with van der Waals surface area (Å²) in [5, 5.41) is 0. The van der Waals surface area contributed by atoms with E-state index in [0.29, 0.717) is 0 Å². The molecule has 5 heteroatoms. The van der Waals surface area contributed by atoms with Crippen molar-refractivity contribution in [3.63, 3.8) is 0 Å². The molecule has 0 heterocycles. The van der Waals surface area contributed by atoms with Gasteiger partial charge in [-0.1, -0.05) is 0 Å². The molecule has 0 saturated carbocycles. The fraction of sp³-hybridized carbons (Fsp3) is 0. The van der Waals surface area contributed by atoms with Crippen LogP contribution in [0.25, 0.3) is 0 Å². The van der Waals surface area contributed by atoms with Crippen LogP contribution in [0.3, 0.4) is 0 Å². The van der Waals surface area contributed by atoms with E-state index in [0.717, 1.165) is 0 Å². The van der Waals surface area contributed by atoms with Crippen LogP contribution in [0.5, 0.6) is 0 Å². The quantitative estimate of drug-likeness (QED) is 0.417. The second-order valence-corrected chi connectivity index (χ2v) is 0. The zero-order valence-electron chi connectivity index (χ0n) is 3.44. The topological polar surface area (TPSA) is 0 Å². The van der Waals surface area contributed by atoms with Gasteiger partial charge in [-0.05, 0) is 0 Å². The summed E-state index contributed by atoms with van der Waals surface area (Å²) in [4.78, 5) is 0. The first-order valence-corrected chi connectivity index (χ1v) is 0. The van der Waals surface area contributed by atoms with Crippen molar-refractivity contribution in [1.82, 2.24) is 0 Å². The summed E-state index contributed by atoms with van der Waals surface area (Å²) in [6.07, 6.45) is 0. The molecule has 0 aromatic carbocycles. The normalized spacial score (nSPS) is 0. The largest absolute Gasteiger partial charge is 1.00 e. The monoisotopic (exact) mass is 278 g/mol. The van der Waals surface area contributed by atoms with Gasteiger partial charge in [-0.25, -0.2) is 0 Å². The predicted octanol–water partition coefficient (Wildman–Crippen LogP) is -2.89. The zero-order valence-corrected chi connectivity index (χ0v) is 7.65. The first kappa shape index (κ1) is 45.9. The maximum Gasteiger partial charge on any atom is 1.00 e. The van der Waals surface area contributed by atoms with Crippen molar-refractivity contribution in [3.8, 4) is 0 Å². The van der Waals surface area contributed by atoms with Crippen molar-refractivity contribution in [2.75, 3.05) is 0 Å². The van der Waals surface area contributed by atoms with Crippen molar-refractivity contribution >= 4 is 0 Å². The molecule has 0 nitrogen and oxygen atoms in total. The van der Waals surface area contributed by atoms with E-state index in [9.17, 15) is 0 Å². The Hall–Kier alpha value is 2.81. The van der Waals surface area contributed by atoms with Crippen molar-refractivity contribution in [2.45, 2.75) is 0 Å². The molecular weight excluding hydrogens is 275 g/mol. The Morgan fingerprint density at radius 3 is 1.20 bits per heavy atom. The summed E-state index contributed by atoms with van der Waals surface area (Å²) in [6, 6.07) is 0.